The molecule has 0 atom stereocenters. The molecule has 0 amide bonds. The fourth-order valence-corrected chi connectivity index (χ4v) is 1.14. The van der Waals surface area contributed by atoms with Gasteiger partial charge in [0.15, 0.2) is 0 Å². The van der Waals surface area contributed by atoms with Crippen LogP contribution in [-0.2, 0) is 0 Å². The van der Waals surface area contributed by atoms with Gasteiger partial charge in [-0.25, -0.2) is 4.98 Å². The van der Waals surface area contributed by atoms with Crippen LogP contribution in [0.3, 0.4) is 0 Å². The molecule has 0 fully saturated rings. The first kappa shape index (κ1) is 12.6. The van der Waals surface area contributed by atoms with Gasteiger partial charge in [-0.05, 0) is 25.0 Å². The minimum atomic E-state index is -4.14. The number of nitrogen functional groups attached to an aromatic ring is 1. The number of anilines is 1. The zero-order valence-electron chi connectivity index (χ0n) is 8.84. The Balaban J connectivity index is 2.38. The lowest BCUT2D eigenvalue weighted by molar-refractivity contribution is -0.136. The van der Waals surface area contributed by atoms with E-state index in [0.717, 1.165) is 5.56 Å². The molecule has 0 aliphatic heterocycles. The third-order valence-corrected chi connectivity index (χ3v) is 1.86. The van der Waals surface area contributed by atoms with E-state index in [1.165, 1.54) is 0 Å². The van der Waals surface area contributed by atoms with Crippen LogP contribution in [-0.4, -0.2) is 17.8 Å². The molecule has 0 radical (unpaired) electrons. The van der Waals surface area contributed by atoms with E-state index in [1.54, 1.807) is 12.3 Å². The summed E-state index contributed by atoms with van der Waals surface area (Å²) in [7, 11) is 0. The normalized spacial score (nSPS) is 11.5. The van der Waals surface area contributed by atoms with E-state index in [2.05, 4.69) is 4.98 Å². The summed E-state index contributed by atoms with van der Waals surface area (Å²) in [4.78, 5) is 3.88. The van der Waals surface area contributed by atoms with Crippen LogP contribution >= 0.6 is 0 Å². The summed E-state index contributed by atoms with van der Waals surface area (Å²) in [6, 6.07) is 1.66. The molecule has 1 aromatic heterocycles. The Morgan fingerprint density at radius 3 is 2.69 bits per heavy atom. The number of hydrogen-bond acceptors (Lipinski definition) is 3. The Morgan fingerprint density at radius 2 is 2.12 bits per heavy atom. The Labute approximate surface area is 91.4 Å². The molecular formula is C10H13F3N2O. The van der Waals surface area contributed by atoms with Crippen molar-refractivity contribution >= 4 is 5.69 Å². The fraction of sp³-hybridized carbons (Fsp3) is 0.500. The number of rotatable bonds is 4. The number of hydrogen-bond donors (Lipinski definition) is 1. The number of halogens is 3. The predicted molar refractivity (Wildman–Crippen MR) is 54.2 cm³/mol. The van der Waals surface area contributed by atoms with Gasteiger partial charge in [-0.15, -0.1) is 0 Å². The van der Waals surface area contributed by atoms with Gasteiger partial charge in [-0.3, -0.25) is 0 Å². The average molecular weight is 234 g/mol. The van der Waals surface area contributed by atoms with Crippen LogP contribution in [0.4, 0.5) is 18.9 Å². The first-order valence-corrected chi connectivity index (χ1v) is 4.80. The first-order chi connectivity index (χ1) is 7.38. The van der Waals surface area contributed by atoms with Crippen molar-refractivity contribution < 1.29 is 17.9 Å². The molecule has 2 N–H and O–H groups in total. The number of nitrogens with two attached hydrogens (primary N) is 1. The van der Waals surface area contributed by atoms with E-state index in [4.69, 9.17) is 10.5 Å². The molecular weight excluding hydrogens is 221 g/mol. The van der Waals surface area contributed by atoms with Gasteiger partial charge >= 0.3 is 6.18 Å². The molecule has 16 heavy (non-hydrogen) atoms. The predicted octanol–water partition coefficient (Wildman–Crippen LogP) is 2.69. The van der Waals surface area contributed by atoms with Crippen LogP contribution in [0.1, 0.15) is 18.4 Å². The van der Waals surface area contributed by atoms with Crippen LogP contribution in [0.25, 0.3) is 0 Å². The highest BCUT2D eigenvalue weighted by molar-refractivity contribution is 5.49. The van der Waals surface area contributed by atoms with Gasteiger partial charge in [0.25, 0.3) is 0 Å². The molecule has 1 rings (SSSR count). The maximum atomic E-state index is 11.8. The lowest BCUT2D eigenvalue weighted by Crippen LogP contribution is -2.10. The molecule has 0 unspecified atom stereocenters. The summed E-state index contributed by atoms with van der Waals surface area (Å²) < 4.78 is 40.5. The summed E-state index contributed by atoms with van der Waals surface area (Å²) in [5.41, 5.74) is 6.79. The number of ether oxygens (including phenoxy) is 1. The second-order valence-electron chi connectivity index (χ2n) is 3.47. The molecule has 90 valence electrons. The summed E-state index contributed by atoms with van der Waals surface area (Å²) in [5.74, 6) is 0.188. The largest absolute Gasteiger partial charge is 0.476 e. The molecule has 0 saturated heterocycles. The molecule has 6 heteroatoms. The molecule has 3 nitrogen and oxygen atoms in total. The van der Waals surface area contributed by atoms with Crippen LogP contribution in [0, 0.1) is 6.92 Å². The standard InChI is InChI=1S/C10H13F3N2O/c1-7-5-8(14)9(15-6-7)16-4-2-3-10(11,12)13/h5-6H,2-4,14H2,1H3. The number of nitrogens with zero attached hydrogens (tertiary/aromatic N) is 1. The van der Waals surface area contributed by atoms with E-state index in [-0.39, 0.29) is 18.9 Å². The smallest absolute Gasteiger partial charge is 0.389 e. The lowest BCUT2D eigenvalue weighted by Gasteiger charge is -2.09. The monoisotopic (exact) mass is 234 g/mol. The molecule has 0 aliphatic carbocycles. The van der Waals surface area contributed by atoms with Crippen LogP contribution in [0.2, 0.25) is 0 Å². The quantitative estimate of drug-likeness (QED) is 0.815. The minimum Gasteiger partial charge on any atom is -0.476 e. The molecule has 0 spiro atoms. The Bertz CT molecular complexity index is 352. The topological polar surface area (TPSA) is 48.1 Å². The van der Waals surface area contributed by atoms with E-state index in [1.807, 2.05) is 6.92 Å². The lowest BCUT2D eigenvalue weighted by atomic mass is 10.3. The number of alkyl halides is 3. The second kappa shape index (κ2) is 5.05. The van der Waals surface area contributed by atoms with Crippen molar-refractivity contribution in [3.63, 3.8) is 0 Å². The van der Waals surface area contributed by atoms with Crippen LogP contribution in [0.15, 0.2) is 12.3 Å². The van der Waals surface area contributed by atoms with Gasteiger partial charge in [-0.2, -0.15) is 13.2 Å². The van der Waals surface area contributed by atoms with E-state index in [0.29, 0.717) is 5.69 Å². The van der Waals surface area contributed by atoms with Crippen molar-refractivity contribution in [3.8, 4) is 5.88 Å². The summed E-state index contributed by atoms with van der Waals surface area (Å²) in [6.45, 7) is 1.77. The van der Waals surface area contributed by atoms with Gasteiger partial charge in [0.05, 0.1) is 12.3 Å². The Kier molecular flexibility index (Phi) is 3.98. The van der Waals surface area contributed by atoms with Gasteiger partial charge in [-0.1, -0.05) is 0 Å². The third kappa shape index (κ3) is 4.37. The highest BCUT2D eigenvalue weighted by Crippen LogP contribution is 2.22. The highest BCUT2D eigenvalue weighted by atomic mass is 19.4. The minimum absolute atomic E-state index is 0.0419. The third-order valence-electron chi connectivity index (χ3n) is 1.86. The molecule has 0 aromatic carbocycles. The maximum Gasteiger partial charge on any atom is 0.389 e. The molecule has 1 heterocycles. The molecule has 0 aliphatic rings. The van der Waals surface area contributed by atoms with Gasteiger partial charge in [0, 0.05) is 12.6 Å². The zero-order chi connectivity index (χ0) is 12.2. The summed E-state index contributed by atoms with van der Waals surface area (Å²) in [6.07, 6.45) is -3.55. The van der Waals surface area contributed by atoms with Gasteiger partial charge in [0.2, 0.25) is 5.88 Å². The van der Waals surface area contributed by atoms with E-state index < -0.39 is 12.6 Å². The Morgan fingerprint density at radius 1 is 1.44 bits per heavy atom. The number of aromatic nitrogens is 1. The number of pyridine rings is 1. The molecule has 1 aromatic rings. The summed E-state index contributed by atoms with van der Waals surface area (Å²) >= 11 is 0. The van der Waals surface area contributed by atoms with Crippen molar-refractivity contribution in [2.45, 2.75) is 25.9 Å². The first-order valence-electron chi connectivity index (χ1n) is 4.80. The van der Waals surface area contributed by atoms with Gasteiger partial charge in [0.1, 0.15) is 0 Å². The number of aryl methyl sites for hydroxylation is 1. The summed E-state index contributed by atoms with van der Waals surface area (Å²) in [5, 5.41) is 0. The van der Waals surface area contributed by atoms with Crippen LogP contribution in [0.5, 0.6) is 5.88 Å². The van der Waals surface area contributed by atoms with Crippen molar-refractivity contribution in [1.29, 1.82) is 0 Å². The zero-order valence-corrected chi connectivity index (χ0v) is 8.84. The van der Waals surface area contributed by atoms with Gasteiger partial charge < -0.3 is 10.5 Å². The van der Waals surface area contributed by atoms with E-state index in [9.17, 15) is 13.2 Å². The maximum absolute atomic E-state index is 11.8. The van der Waals surface area contributed by atoms with Crippen molar-refractivity contribution in [2.75, 3.05) is 12.3 Å². The average Bonchev–Trinajstić information content (AvgIpc) is 2.13. The SMILES string of the molecule is Cc1cnc(OCCCC(F)(F)F)c(N)c1. The fourth-order valence-electron chi connectivity index (χ4n) is 1.14. The van der Waals surface area contributed by atoms with Crippen molar-refractivity contribution in [1.82, 2.24) is 4.98 Å². The Hall–Kier alpha value is -1.46. The second-order valence-corrected chi connectivity index (χ2v) is 3.47. The highest BCUT2D eigenvalue weighted by Gasteiger charge is 2.26. The van der Waals surface area contributed by atoms with Crippen LogP contribution < -0.4 is 10.5 Å². The van der Waals surface area contributed by atoms with Crippen molar-refractivity contribution in [2.24, 2.45) is 0 Å². The molecule has 0 bridgehead atoms. The van der Waals surface area contributed by atoms with E-state index >= 15 is 0 Å². The van der Waals surface area contributed by atoms with Crippen molar-refractivity contribution in [3.05, 3.63) is 17.8 Å². The molecule has 0 saturated carbocycles.